The molecule has 0 saturated carbocycles. The number of rotatable bonds is 5. The molecule has 0 saturated heterocycles. The van der Waals surface area contributed by atoms with Gasteiger partial charge in [-0.1, -0.05) is 6.07 Å². The van der Waals surface area contributed by atoms with Gasteiger partial charge in [0.25, 0.3) is 5.91 Å². The lowest BCUT2D eigenvalue weighted by atomic mass is 10.1. The smallest absolute Gasteiger partial charge is 0.422 e. The van der Waals surface area contributed by atoms with E-state index in [9.17, 15) is 18.0 Å². The van der Waals surface area contributed by atoms with Crippen molar-refractivity contribution in [3.63, 3.8) is 0 Å². The first-order valence-corrected chi connectivity index (χ1v) is 7.13. The molecular formula is C16H16F3N3O2. The molecule has 0 spiro atoms. The lowest BCUT2D eigenvalue weighted by molar-refractivity contribution is -0.154. The van der Waals surface area contributed by atoms with E-state index in [4.69, 9.17) is 0 Å². The Balaban J connectivity index is 1.97. The normalized spacial score (nSPS) is 12.5. The minimum Gasteiger partial charge on any atom is -0.468 e. The van der Waals surface area contributed by atoms with Crippen molar-refractivity contribution in [2.24, 2.45) is 0 Å². The van der Waals surface area contributed by atoms with E-state index < -0.39 is 12.8 Å². The van der Waals surface area contributed by atoms with Crippen LogP contribution in [0.15, 0.2) is 36.7 Å². The molecule has 0 fully saturated rings. The maximum atomic E-state index is 12.2. The molecule has 2 heterocycles. The minimum absolute atomic E-state index is 0.126. The van der Waals surface area contributed by atoms with Gasteiger partial charge < -0.3 is 10.1 Å². The number of halogens is 3. The predicted molar refractivity (Wildman–Crippen MR) is 80.6 cm³/mol. The van der Waals surface area contributed by atoms with Gasteiger partial charge in [-0.15, -0.1) is 0 Å². The van der Waals surface area contributed by atoms with Crippen molar-refractivity contribution in [2.75, 3.05) is 6.61 Å². The predicted octanol–water partition coefficient (Wildman–Crippen LogP) is 3.22. The molecule has 2 aromatic rings. The van der Waals surface area contributed by atoms with Gasteiger partial charge in [-0.25, -0.2) is 4.98 Å². The quantitative estimate of drug-likeness (QED) is 0.908. The summed E-state index contributed by atoms with van der Waals surface area (Å²) < 4.78 is 40.8. The Morgan fingerprint density at radius 2 is 2.04 bits per heavy atom. The van der Waals surface area contributed by atoms with Crippen molar-refractivity contribution in [3.05, 3.63) is 53.5 Å². The first-order chi connectivity index (χ1) is 11.2. The lowest BCUT2D eigenvalue weighted by Crippen LogP contribution is -2.26. The lowest BCUT2D eigenvalue weighted by Gasteiger charge is -2.15. The largest absolute Gasteiger partial charge is 0.468 e. The summed E-state index contributed by atoms with van der Waals surface area (Å²) in [5, 5.41) is 2.79. The van der Waals surface area contributed by atoms with Crippen LogP contribution < -0.4 is 10.1 Å². The Morgan fingerprint density at radius 3 is 2.62 bits per heavy atom. The van der Waals surface area contributed by atoms with E-state index in [0.717, 1.165) is 5.69 Å². The molecule has 2 aromatic heterocycles. The monoisotopic (exact) mass is 339 g/mol. The Kier molecular flexibility index (Phi) is 5.38. The fourth-order valence-electron chi connectivity index (χ4n) is 1.94. The molecule has 0 radical (unpaired) electrons. The average molecular weight is 339 g/mol. The van der Waals surface area contributed by atoms with Crippen LogP contribution in [-0.4, -0.2) is 28.7 Å². The summed E-state index contributed by atoms with van der Waals surface area (Å²) in [4.78, 5) is 20.0. The van der Waals surface area contributed by atoms with Gasteiger partial charge in [0.05, 0.1) is 6.04 Å². The van der Waals surface area contributed by atoms with Crippen LogP contribution in [0.4, 0.5) is 13.2 Å². The first-order valence-electron chi connectivity index (χ1n) is 7.13. The number of aryl methyl sites for hydroxylation is 1. The van der Waals surface area contributed by atoms with Gasteiger partial charge in [-0.2, -0.15) is 13.2 Å². The van der Waals surface area contributed by atoms with Gasteiger partial charge in [0, 0.05) is 29.7 Å². The number of nitrogens with zero attached hydrogens (tertiary/aromatic N) is 2. The SMILES string of the molecule is Cc1cc(C(=O)NC(C)c2ccc(OCC(F)(F)F)nc2)ccn1. The molecule has 5 nitrogen and oxygen atoms in total. The zero-order valence-electron chi connectivity index (χ0n) is 13.1. The van der Waals surface area contributed by atoms with Gasteiger partial charge in [-0.05, 0) is 31.5 Å². The van der Waals surface area contributed by atoms with Crippen LogP contribution in [0.1, 0.15) is 34.6 Å². The van der Waals surface area contributed by atoms with Crippen molar-refractivity contribution in [1.82, 2.24) is 15.3 Å². The van der Waals surface area contributed by atoms with Crippen LogP contribution in [-0.2, 0) is 0 Å². The van der Waals surface area contributed by atoms with Gasteiger partial charge in [-0.3, -0.25) is 9.78 Å². The van der Waals surface area contributed by atoms with E-state index in [0.29, 0.717) is 11.1 Å². The summed E-state index contributed by atoms with van der Waals surface area (Å²) in [6.07, 6.45) is -1.50. The van der Waals surface area contributed by atoms with Crippen molar-refractivity contribution < 1.29 is 22.7 Å². The van der Waals surface area contributed by atoms with E-state index in [1.54, 1.807) is 38.2 Å². The van der Waals surface area contributed by atoms with Gasteiger partial charge >= 0.3 is 6.18 Å². The second-order valence-corrected chi connectivity index (χ2v) is 5.21. The third kappa shape index (κ3) is 5.22. The molecule has 0 aromatic carbocycles. The Bertz CT molecular complexity index is 702. The summed E-state index contributed by atoms with van der Waals surface area (Å²) in [6, 6.07) is 5.78. The van der Waals surface area contributed by atoms with Crippen molar-refractivity contribution >= 4 is 5.91 Å². The van der Waals surface area contributed by atoms with Crippen LogP contribution in [0.5, 0.6) is 5.88 Å². The summed E-state index contributed by atoms with van der Waals surface area (Å²) in [5.74, 6) is -0.398. The van der Waals surface area contributed by atoms with Crippen molar-refractivity contribution in [1.29, 1.82) is 0 Å². The molecule has 0 aliphatic heterocycles. The second-order valence-electron chi connectivity index (χ2n) is 5.21. The number of aromatic nitrogens is 2. The topological polar surface area (TPSA) is 64.1 Å². The highest BCUT2D eigenvalue weighted by Crippen LogP contribution is 2.19. The van der Waals surface area contributed by atoms with E-state index in [1.165, 1.54) is 12.3 Å². The highest BCUT2D eigenvalue weighted by molar-refractivity contribution is 5.94. The molecular weight excluding hydrogens is 323 g/mol. The Morgan fingerprint density at radius 1 is 1.29 bits per heavy atom. The third-order valence-corrected chi connectivity index (χ3v) is 3.15. The van der Waals surface area contributed by atoms with Crippen molar-refractivity contribution in [3.8, 4) is 5.88 Å². The maximum absolute atomic E-state index is 12.2. The third-order valence-electron chi connectivity index (χ3n) is 3.15. The number of alkyl halides is 3. The van der Waals surface area contributed by atoms with E-state index in [2.05, 4.69) is 20.0 Å². The highest BCUT2D eigenvalue weighted by atomic mass is 19.4. The van der Waals surface area contributed by atoms with Crippen LogP contribution in [0.2, 0.25) is 0 Å². The molecule has 1 unspecified atom stereocenters. The number of pyridine rings is 2. The van der Waals surface area contributed by atoms with Crippen LogP contribution in [0, 0.1) is 6.92 Å². The second kappa shape index (κ2) is 7.29. The first kappa shape index (κ1) is 17.7. The van der Waals surface area contributed by atoms with Gasteiger partial charge in [0.15, 0.2) is 6.61 Å². The fourth-order valence-corrected chi connectivity index (χ4v) is 1.94. The molecule has 0 aliphatic carbocycles. The van der Waals surface area contributed by atoms with Crippen LogP contribution >= 0.6 is 0 Å². The van der Waals surface area contributed by atoms with Crippen LogP contribution in [0.25, 0.3) is 0 Å². The Labute approximate surface area is 136 Å². The Hall–Kier alpha value is -2.64. The number of amides is 1. The molecule has 0 aliphatic rings. The molecule has 128 valence electrons. The van der Waals surface area contributed by atoms with E-state index >= 15 is 0 Å². The van der Waals surface area contributed by atoms with E-state index in [1.807, 2.05) is 0 Å². The van der Waals surface area contributed by atoms with Crippen molar-refractivity contribution in [2.45, 2.75) is 26.1 Å². The van der Waals surface area contributed by atoms with Gasteiger partial charge in [0.2, 0.25) is 5.88 Å². The maximum Gasteiger partial charge on any atom is 0.422 e. The number of carbonyl (C=O) groups is 1. The molecule has 2 rings (SSSR count). The average Bonchev–Trinajstić information content (AvgIpc) is 2.52. The number of nitrogens with one attached hydrogen (secondary N) is 1. The zero-order valence-corrected chi connectivity index (χ0v) is 13.1. The zero-order chi connectivity index (χ0) is 17.7. The summed E-state index contributed by atoms with van der Waals surface area (Å²) in [7, 11) is 0. The fraction of sp³-hybridized carbons (Fsp3) is 0.312. The molecule has 1 N–H and O–H groups in total. The standard InChI is InChI=1S/C16H16F3N3O2/c1-10-7-12(5-6-20-10)15(23)22-11(2)13-3-4-14(21-8-13)24-9-16(17,18)19/h3-8,11H,9H2,1-2H3,(H,22,23). The summed E-state index contributed by atoms with van der Waals surface area (Å²) in [6.45, 7) is 2.13. The summed E-state index contributed by atoms with van der Waals surface area (Å²) >= 11 is 0. The number of ether oxygens (including phenoxy) is 1. The van der Waals surface area contributed by atoms with Crippen LogP contribution in [0.3, 0.4) is 0 Å². The molecule has 8 heteroatoms. The van der Waals surface area contributed by atoms with Gasteiger partial charge in [0.1, 0.15) is 0 Å². The molecule has 1 atom stereocenters. The summed E-state index contributed by atoms with van der Waals surface area (Å²) in [5.41, 5.74) is 1.85. The number of carbonyl (C=O) groups excluding carboxylic acids is 1. The highest BCUT2D eigenvalue weighted by Gasteiger charge is 2.28. The molecule has 1 amide bonds. The molecule has 24 heavy (non-hydrogen) atoms. The van der Waals surface area contributed by atoms with E-state index in [-0.39, 0.29) is 17.8 Å². The minimum atomic E-state index is -4.41. The number of hydrogen-bond acceptors (Lipinski definition) is 4. The molecule has 0 bridgehead atoms. The number of hydrogen-bond donors (Lipinski definition) is 1.